The second-order valence-corrected chi connectivity index (χ2v) is 5.17. The molecule has 6 heteroatoms. The van der Waals surface area contributed by atoms with Crippen LogP contribution in [0.15, 0.2) is 12.4 Å². The van der Waals surface area contributed by atoms with Gasteiger partial charge >= 0.3 is 5.97 Å². The fourth-order valence-corrected chi connectivity index (χ4v) is 1.57. The Labute approximate surface area is 106 Å². The van der Waals surface area contributed by atoms with Crippen LogP contribution < -0.4 is 5.32 Å². The average Bonchev–Trinajstić information content (AvgIpc) is 2.27. The number of carboxylic acids is 1. The number of aromatic carboxylic acids is 1. The lowest BCUT2D eigenvalue weighted by Crippen LogP contribution is -2.35. The molecule has 0 radical (unpaired) electrons. The summed E-state index contributed by atoms with van der Waals surface area (Å²) in [7, 11) is 0. The van der Waals surface area contributed by atoms with Crippen molar-refractivity contribution in [3.63, 3.8) is 0 Å². The number of hydrogen-bond donors (Lipinski definition) is 3. The average molecular weight is 253 g/mol. The van der Waals surface area contributed by atoms with Gasteiger partial charge in [-0.1, -0.05) is 20.8 Å². The van der Waals surface area contributed by atoms with Crippen LogP contribution >= 0.6 is 0 Å². The molecule has 100 valence electrons. The van der Waals surface area contributed by atoms with Gasteiger partial charge in [-0.3, -0.25) is 4.98 Å². The molecular formula is C12H19N3O3. The fourth-order valence-electron chi connectivity index (χ4n) is 1.57. The maximum atomic E-state index is 10.8. The molecule has 1 atom stereocenters. The number of carbonyl (C=O) groups is 1. The van der Waals surface area contributed by atoms with E-state index in [1.165, 1.54) is 12.4 Å². The van der Waals surface area contributed by atoms with Crippen LogP contribution in [-0.2, 0) is 0 Å². The van der Waals surface area contributed by atoms with Gasteiger partial charge in [0.2, 0.25) is 0 Å². The third-order valence-corrected chi connectivity index (χ3v) is 2.64. The van der Waals surface area contributed by atoms with Gasteiger partial charge in [0.25, 0.3) is 0 Å². The topological polar surface area (TPSA) is 95.3 Å². The molecule has 0 aliphatic rings. The molecule has 1 aromatic heterocycles. The number of aliphatic hydroxyl groups excluding tert-OH is 1. The van der Waals surface area contributed by atoms with Gasteiger partial charge in [0.1, 0.15) is 5.82 Å². The number of carboxylic acid groups (broad SMARTS) is 1. The van der Waals surface area contributed by atoms with Crippen molar-refractivity contribution >= 4 is 11.8 Å². The van der Waals surface area contributed by atoms with Gasteiger partial charge in [-0.2, -0.15) is 0 Å². The van der Waals surface area contributed by atoms with Crippen LogP contribution in [0, 0.1) is 5.41 Å². The fraction of sp³-hybridized carbons (Fsp3) is 0.583. The molecule has 0 saturated carbocycles. The third kappa shape index (κ3) is 3.96. The number of rotatable bonds is 5. The molecular weight excluding hydrogens is 234 g/mol. The van der Waals surface area contributed by atoms with Crippen molar-refractivity contribution in [3.05, 3.63) is 18.1 Å². The van der Waals surface area contributed by atoms with Crippen LogP contribution in [-0.4, -0.2) is 38.8 Å². The summed E-state index contributed by atoms with van der Waals surface area (Å²) in [5.41, 5.74) is -0.180. The van der Waals surface area contributed by atoms with E-state index in [1.807, 2.05) is 20.8 Å². The van der Waals surface area contributed by atoms with Gasteiger partial charge in [-0.25, -0.2) is 9.78 Å². The third-order valence-electron chi connectivity index (χ3n) is 2.64. The van der Waals surface area contributed by atoms with E-state index >= 15 is 0 Å². The van der Waals surface area contributed by atoms with E-state index < -0.39 is 5.97 Å². The summed E-state index contributed by atoms with van der Waals surface area (Å²) in [6.45, 7) is 6.17. The predicted molar refractivity (Wildman–Crippen MR) is 67.6 cm³/mol. The first-order valence-electron chi connectivity index (χ1n) is 5.77. The minimum atomic E-state index is -1.11. The van der Waals surface area contributed by atoms with Crippen molar-refractivity contribution in [2.75, 3.05) is 11.9 Å². The van der Waals surface area contributed by atoms with Crippen LogP contribution in [0.5, 0.6) is 0 Å². The zero-order chi connectivity index (χ0) is 13.8. The van der Waals surface area contributed by atoms with Gasteiger partial charge in [0, 0.05) is 12.6 Å². The number of aliphatic hydroxyl groups is 1. The van der Waals surface area contributed by atoms with Gasteiger partial charge in [-0.05, 0) is 11.8 Å². The lowest BCUT2D eigenvalue weighted by Gasteiger charge is -2.31. The van der Waals surface area contributed by atoms with Crippen LogP contribution in [0.1, 0.15) is 37.7 Å². The Bertz CT molecular complexity index is 415. The summed E-state index contributed by atoms with van der Waals surface area (Å²) in [4.78, 5) is 18.6. The molecule has 0 spiro atoms. The molecule has 1 heterocycles. The molecule has 0 fully saturated rings. The Kier molecular flexibility index (Phi) is 4.61. The van der Waals surface area contributed by atoms with E-state index in [1.54, 1.807) is 0 Å². The largest absolute Gasteiger partial charge is 0.476 e. The lowest BCUT2D eigenvalue weighted by atomic mass is 9.85. The minimum Gasteiger partial charge on any atom is -0.476 e. The molecule has 1 rings (SSSR count). The highest BCUT2D eigenvalue weighted by Gasteiger charge is 2.24. The molecule has 1 aromatic rings. The smallest absolute Gasteiger partial charge is 0.356 e. The maximum absolute atomic E-state index is 10.8. The molecule has 0 bridgehead atoms. The highest BCUT2D eigenvalue weighted by atomic mass is 16.4. The summed E-state index contributed by atoms with van der Waals surface area (Å²) in [6, 6.07) is -0.0131. The van der Waals surface area contributed by atoms with E-state index in [4.69, 9.17) is 10.2 Å². The molecule has 0 aliphatic heterocycles. The van der Waals surface area contributed by atoms with Crippen LogP contribution in [0.25, 0.3) is 0 Å². The Morgan fingerprint density at radius 3 is 2.61 bits per heavy atom. The molecule has 18 heavy (non-hydrogen) atoms. The highest BCUT2D eigenvalue weighted by molar-refractivity contribution is 5.85. The minimum absolute atomic E-state index is 0.0131. The van der Waals surface area contributed by atoms with Gasteiger partial charge in [0.15, 0.2) is 5.69 Å². The van der Waals surface area contributed by atoms with Gasteiger partial charge in [0.05, 0.1) is 12.4 Å². The predicted octanol–water partition coefficient (Wildman–Crippen LogP) is 1.38. The molecule has 3 N–H and O–H groups in total. The summed E-state index contributed by atoms with van der Waals surface area (Å²) < 4.78 is 0. The first-order chi connectivity index (χ1) is 8.34. The number of nitrogens with one attached hydrogen (secondary N) is 1. The molecule has 0 aliphatic carbocycles. The van der Waals surface area contributed by atoms with E-state index in [0.29, 0.717) is 12.2 Å². The zero-order valence-electron chi connectivity index (χ0n) is 10.8. The first kappa shape index (κ1) is 14.4. The van der Waals surface area contributed by atoms with Crippen LogP contribution in [0.2, 0.25) is 0 Å². The SMILES string of the molecule is CC(C)(C)C(CCO)Nc1cncc(C(=O)O)n1. The summed E-state index contributed by atoms with van der Waals surface area (Å²) in [5, 5.41) is 21.0. The standard InChI is InChI=1S/C12H19N3O3/c1-12(2,3)9(4-5-16)15-10-7-13-6-8(14-10)11(17)18/h6-7,9,16H,4-5H2,1-3H3,(H,14,15)(H,17,18). The number of anilines is 1. The number of nitrogens with zero attached hydrogens (tertiary/aromatic N) is 2. The van der Waals surface area contributed by atoms with Crippen molar-refractivity contribution in [2.24, 2.45) is 5.41 Å². The molecule has 0 amide bonds. The van der Waals surface area contributed by atoms with Crippen molar-refractivity contribution in [2.45, 2.75) is 33.2 Å². The van der Waals surface area contributed by atoms with E-state index in [9.17, 15) is 4.79 Å². The Balaban J connectivity index is 2.87. The van der Waals surface area contributed by atoms with Crippen LogP contribution in [0.3, 0.4) is 0 Å². The van der Waals surface area contributed by atoms with Gasteiger partial charge < -0.3 is 15.5 Å². The maximum Gasteiger partial charge on any atom is 0.356 e. The molecule has 0 saturated heterocycles. The van der Waals surface area contributed by atoms with Crippen LogP contribution in [0.4, 0.5) is 5.82 Å². The second kappa shape index (κ2) is 5.77. The van der Waals surface area contributed by atoms with E-state index in [-0.39, 0.29) is 23.8 Å². The first-order valence-corrected chi connectivity index (χ1v) is 5.77. The van der Waals surface area contributed by atoms with Gasteiger partial charge in [-0.15, -0.1) is 0 Å². The van der Waals surface area contributed by atoms with Crippen molar-refractivity contribution in [3.8, 4) is 0 Å². The number of hydrogen-bond acceptors (Lipinski definition) is 5. The Hall–Kier alpha value is -1.69. The van der Waals surface area contributed by atoms with Crippen molar-refractivity contribution < 1.29 is 15.0 Å². The lowest BCUT2D eigenvalue weighted by molar-refractivity contribution is 0.0690. The highest BCUT2D eigenvalue weighted by Crippen LogP contribution is 2.24. The van der Waals surface area contributed by atoms with Crippen molar-refractivity contribution in [1.82, 2.24) is 9.97 Å². The Morgan fingerprint density at radius 1 is 1.44 bits per heavy atom. The zero-order valence-corrected chi connectivity index (χ0v) is 10.8. The summed E-state index contributed by atoms with van der Waals surface area (Å²) in [5.74, 6) is -0.705. The summed E-state index contributed by atoms with van der Waals surface area (Å²) in [6.07, 6.45) is 3.23. The molecule has 6 nitrogen and oxygen atoms in total. The molecule has 0 aromatic carbocycles. The Morgan fingerprint density at radius 2 is 2.11 bits per heavy atom. The second-order valence-electron chi connectivity index (χ2n) is 5.17. The van der Waals surface area contributed by atoms with Crippen molar-refractivity contribution in [1.29, 1.82) is 0 Å². The van der Waals surface area contributed by atoms with E-state index in [0.717, 1.165) is 0 Å². The quantitative estimate of drug-likeness (QED) is 0.733. The normalized spacial score (nSPS) is 13.1. The van der Waals surface area contributed by atoms with E-state index in [2.05, 4.69) is 15.3 Å². The monoisotopic (exact) mass is 253 g/mol. The number of aromatic nitrogens is 2. The summed E-state index contributed by atoms with van der Waals surface area (Å²) >= 11 is 0. The molecule has 1 unspecified atom stereocenters.